The van der Waals surface area contributed by atoms with Gasteiger partial charge in [-0.05, 0) is 12.3 Å². The van der Waals surface area contributed by atoms with E-state index in [1.165, 1.54) is 0 Å². The molecule has 0 atom stereocenters. The van der Waals surface area contributed by atoms with Crippen LogP contribution in [0.2, 0.25) is 0 Å². The highest BCUT2D eigenvalue weighted by Crippen LogP contribution is 2.10. The topological polar surface area (TPSA) is 54.0 Å². The van der Waals surface area contributed by atoms with Gasteiger partial charge >= 0.3 is 6.03 Å². The van der Waals surface area contributed by atoms with Crippen LogP contribution in [-0.2, 0) is 6.42 Å². The van der Waals surface area contributed by atoms with Crippen molar-refractivity contribution in [1.82, 2.24) is 15.6 Å². The smallest absolute Gasteiger partial charge is 0.314 e. The summed E-state index contributed by atoms with van der Waals surface area (Å²) in [5.74, 6) is 0. The molecule has 0 spiro atoms. The Morgan fingerprint density at radius 3 is 2.65 bits per heavy atom. The molecule has 1 rings (SSSR count). The van der Waals surface area contributed by atoms with Gasteiger partial charge in [0.25, 0.3) is 0 Å². The molecule has 17 heavy (non-hydrogen) atoms. The Hall–Kier alpha value is -1.10. The maximum absolute atomic E-state index is 11.4. The van der Waals surface area contributed by atoms with Gasteiger partial charge in [0.2, 0.25) is 0 Å². The van der Waals surface area contributed by atoms with Crippen molar-refractivity contribution in [1.29, 1.82) is 0 Å². The second-order valence-electron chi connectivity index (χ2n) is 5.30. The number of hydrogen-bond donors (Lipinski definition) is 2. The van der Waals surface area contributed by atoms with Crippen LogP contribution in [0.25, 0.3) is 0 Å². The molecular weight excluding hydrogens is 234 g/mol. The third-order valence-corrected chi connectivity index (χ3v) is 3.10. The third kappa shape index (κ3) is 6.26. The van der Waals surface area contributed by atoms with E-state index in [1.807, 2.05) is 12.3 Å². The summed E-state index contributed by atoms with van der Waals surface area (Å²) in [7, 11) is 0. The molecule has 5 heteroatoms. The van der Waals surface area contributed by atoms with Gasteiger partial charge in [0.1, 0.15) is 0 Å². The second kappa shape index (κ2) is 6.00. The summed E-state index contributed by atoms with van der Waals surface area (Å²) in [6, 6.07) is -0.104. The summed E-state index contributed by atoms with van der Waals surface area (Å²) in [4.78, 5) is 15.8. The first-order valence-corrected chi connectivity index (χ1v) is 6.67. The zero-order valence-electron chi connectivity index (χ0n) is 11.0. The molecule has 0 radical (unpaired) electrons. The molecule has 0 aromatic carbocycles. The largest absolute Gasteiger partial charge is 0.338 e. The van der Waals surface area contributed by atoms with Gasteiger partial charge < -0.3 is 10.6 Å². The fourth-order valence-corrected chi connectivity index (χ4v) is 1.98. The van der Waals surface area contributed by atoms with Crippen molar-refractivity contribution >= 4 is 17.4 Å². The van der Waals surface area contributed by atoms with E-state index in [2.05, 4.69) is 36.4 Å². The molecule has 2 amide bonds. The van der Waals surface area contributed by atoms with Gasteiger partial charge in [0.05, 0.1) is 5.01 Å². The number of nitrogens with one attached hydrogen (secondary N) is 2. The van der Waals surface area contributed by atoms with Crippen molar-refractivity contribution < 1.29 is 4.79 Å². The number of urea groups is 1. The van der Waals surface area contributed by atoms with Crippen LogP contribution >= 0.6 is 11.3 Å². The van der Waals surface area contributed by atoms with E-state index in [4.69, 9.17) is 0 Å². The van der Waals surface area contributed by atoms with E-state index in [9.17, 15) is 4.79 Å². The van der Waals surface area contributed by atoms with Crippen LogP contribution in [0.15, 0.2) is 5.38 Å². The molecule has 0 aliphatic carbocycles. The molecule has 0 saturated carbocycles. The highest BCUT2D eigenvalue weighted by molar-refractivity contribution is 7.09. The van der Waals surface area contributed by atoms with Gasteiger partial charge in [-0.15, -0.1) is 11.3 Å². The standard InChI is InChI=1S/C12H21N3OS/c1-9-7-17-10(15-9)5-6-13-11(16)14-8-12(2,3)4/h7H,5-6,8H2,1-4H3,(H2,13,14,16). The molecule has 4 nitrogen and oxygen atoms in total. The van der Waals surface area contributed by atoms with Gasteiger partial charge in [-0.1, -0.05) is 20.8 Å². The van der Waals surface area contributed by atoms with Gasteiger partial charge in [0.15, 0.2) is 0 Å². The Kier molecular flexibility index (Phi) is 4.93. The molecular formula is C12H21N3OS. The van der Waals surface area contributed by atoms with E-state index in [1.54, 1.807) is 11.3 Å². The Bertz CT molecular complexity index is 368. The zero-order valence-corrected chi connectivity index (χ0v) is 11.8. The van der Waals surface area contributed by atoms with Crippen LogP contribution in [0.3, 0.4) is 0 Å². The first kappa shape index (κ1) is 14.0. The van der Waals surface area contributed by atoms with Crippen LogP contribution in [0, 0.1) is 12.3 Å². The number of amides is 2. The number of carbonyl (C=O) groups is 1. The van der Waals surface area contributed by atoms with Crippen LogP contribution in [0.4, 0.5) is 4.79 Å². The molecule has 1 heterocycles. The first-order valence-electron chi connectivity index (χ1n) is 5.79. The SMILES string of the molecule is Cc1csc(CCNC(=O)NCC(C)(C)C)n1. The van der Waals surface area contributed by atoms with E-state index < -0.39 is 0 Å². The second-order valence-corrected chi connectivity index (χ2v) is 6.25. The lowest BCUT2D eigenvalue weighted by atomic mass is 9.97. The zero-order chi connectivity index (χ0) is 12.9. The number of nitrogens with zero attached hydrogens (tertiary/aromatic N) is 1. The Morgan fingerprint density at radius 2 is 2.12 bits per heavy atom. The van der Waals surface area contributed by atoms with E-state index in [0.29, 0.717) is 13.1 Å². The number of aryl methyl sites for hydroxylation is 1. The molecule has 0 aliphatic rings. The van der Waals surface area contributed by atoms with Crippen LogP contribution in [-0.4, -0.2) is 24.1 Å². The molecule has 96 valence electrons. The first-order chi connectivity index (χ1) is 7.87. The highest BCUT2D eigenvalue weighted by atomic mass is 32.1. The van der Waals surface area contributed by atoms with Crippen molar-refractivity contribution in [3.8, 4) is 0 Å². The minimum absolute atomic E-state index is 0.104. The van der Waals surface area contributed by atoms with Crippen LogP contribution < -0.4 is 10.6 Å². The maximum Gasteiger partial charge on any atom is 0.314 e. The average molecular weight is 255 g/mol. The monoisotopic (exact) mass is 255 g/mol. The predicted octanol–water partition coefficient (Wildman–Crippen LogP) is 2.34. The molecule has 0 fully saturated rings. The molecule has 0 saturated heterocycles. The summed E-state index contributed by atoms with van der Waals surface area (Å²) in [5, 5.41) is 8.77. The van der Waals surface area contributed by atoms with Crippen LogP contribution in [0.1, 0.15) is 31.5 Å². The van der Waals surface area contributed by atoms with E-state index in [0.717, 1.165) is 17.1 Å². The summed E-state index contributed by atoms with van der Waals surface area (Å²) < 4.78 is 0. The lowest BCUT2D eigenvalue weighted by molar-refractivity contribution is 0.235. The predicted molar refractivity (Wildman–Crippen MR) is 71.4 cm³/mol. The summed E-state index contributed by atoms with van der Waals surface area (Å²) in [6.45, 7) is 9.55. The third-order valence-electron chi connectivity index (χ3n) is 2.07. The highest BCUT2D eigenvalue weighted by Gasteiger charge is 2.11. The van der Waals surface area contributed by atoms with Crippen molar-refractivity contribution in [3.63, 3.8) is 0 Å². The van der Waals surface area contributed by atoms with Crippen molar-refractivity contribution in [2.75, 3.05) is 13.1 Å². The molecule has 0 aliphatic heterocycles. The van der Waals surface area contributed by atoms with Crippen molar-refractivity contribution in [3.05, 3.63) is 16.1 Å². The maximum atomic E-state index is 11.4. The molecule has 1 aromatic heterocycles. The molecule has 1 aromatic rings. The Labute approximate surface area is 107 Å². The van der Waals surface area contributed by atoms with Crippen molar-refractivity contribution in [2.24, 2.45) is 5.41 Å². The number of aromatic nitrogens is 1. The lowest BCUT2D eigenvalue weighted by Crippen LogP contribution is -2.40. The minimum Gasteiger partial charge on any atom is -0.338 e. The van der Waals surface area contributed by atoms with Gasteiger partial charge in [-0.2, -0.15) is 0 Å². The minimum atomic E-state index is -0.104. The van der Waals surface area contributed by atoms with Gasteiger partial charge in [0, 0.05) is 30.6 Å². The quantitative estimate of drug-likeness (QED) is 0.867. The number of rotatable bonds is 4. The van der Waals surface area contributed by atoms with E-state index >= 15 is 0 Å². The van der Waals surface area contributed by atoms with E-state index in [-0.39, 0.29) is 11.4 Å². The average Bonchev–Trinajstić information content (AvgIpc) is 2.60. The summed E-state index contributed by atoms with van der Waals surface area (Å²) in [6.07, 6.45) is 0.793. The summed E-state index contributed by atoms with van der Waals surface area (Å²) in [5.41, 5.74) is 1.16. The fourth-order valence-electron chi connectivity index (χ4n) is 1.21. The lowest BCUT2D eigenvalue weighted by Gasteiger charge is -2.18. The molecule has 2 N–H and O–H groups in total. The summed E-state index contributed by atoms with van der Waals surface area (Å²) >= 11 is 1.64. The fraction of sp³-hybridized carbons (Fsp3) is 0.667. The van der Waals surface area contributed by atoms with Crippen molar-refractivity contribution in [2.45, 2.75) is 34.1 Å². The molecule has 0 bridgehead atoms. The number of thiazole rings is 1. The Morgan fingerprint density at radius 1 is 1.41 bits per heavy atom. The normalized spacial score (nSPS) is 11.3. The van der Waals surface area contributed by atoms with Gasteiger partial charge in [-0.25, -0.2) is 9.78 Å². The van der Waals surface area contributed by atoms with Gasteiger partial charge in [-0.3, -0.25) is 0 Å². The Balaban J connectivity index is 2.16. The number of carbonyl (C=O) groups excluding carboxylic acids is 1. The molecule has 0 unspecified atom stereocenters. The number of hydrogen-bond acceptors (Lipinski definition) is 3. The van der Waals surface area contributed by atoms with Crippen LogP contribution in [0.5, 0.6) is 0 Å².